The average molecular weight is 1290 g/mol. The van der Waals surface area contributed by atoms with Gasteiger partial charge in [-0.2, -0.15) is 0 Å². The number of amides is 4. The third-order valence-corrected chi connectivity index (χ3v) is 14.1. The maximum atomic E-state index is 13.6. The van der Waals surface area contributed by atoms with Crippen molar-refractivity contribution in [2.75, 3.05) is 42.6 Å². The Morgan fingerprint density at radius 1 is 0.438 bits per heavy atom. The molecule has 13 rings (SSSR count). The molecule has 0 aliphatic carbocycles. The van der Waals surface area contributed by atoms with Crippen LogP contribution in [-0.4, -0.2) is 80.6 Å². The molecule has 0 radical (unpaired) electrons. The Morgan fingerprint density at radius 2 is 0.812 bits per heavy atom. The minimum atomic E-state index is -0.561. The van der Waals surface area contributed by atoms with E-state index < -0.39 is 35.2 Å². The number of hydrogen-bond donors (Lipinski definition) is 4. The second kappa shape index (κ2) is 28.9. The number of Topliss-reactive ketones (excluding diaryl/α,β-unsaturated/α-hetero) is 1. The van der Waals surface area contributed by atoms with Crippen LogP contribution in [0.5, 0.6) is 52.1 Å². The molecule has 96 heavy (non-hydrogen) atoms. The molecule has 12 aromatic rings. The Balaban J connectivity index is 0.000000146. The van der Waals surface area contributed by atoms with Crippen LogP contribution in [0, 0.1) is 29.8 Å². The number of fused-ring (bicyclic) bond motifs is 4. The summed E-state index contributed by atoms with van der Waals surface area (Å²) in [5.74, 6) is 0.0243. The van der Waals surface area contributed by atoms with Crippen LogP contribution in [0.3, 0.4) is 0 Å². The molecule has 4 N–H and O–H groups in total. The SMILES string of the molecule is C#Cc1cccc(NC(=O)c2nc3ccccc3nc2Oc2ccc(F)cc2OC)c1.COc1cc(F)ccc1Oc1nc2ccccc2nc1C(=O)Nc1ccc(C(C)=O)cc1.COc1cc(F)ccc1Oc1nc2ccccc2nc1C(=O)Nc1ccc2c(c1)NC(=O)C2. The number of carbonyl (C=O) groups excluding carboxylic acids is 5. The quantitative estimate of drug-likeness (QED) is 0.0517. The number of rotatable bonds is 16. The van der Waals surface area contributed by atoms with Crippen molar-refractivity contribution >= 4 is 85.3 Å². The normalized spacial score (nSPS) is 11.1. The maximum Gasteiger partial charge on any atom is 0.279 e. The van der Waals surface area contributed by atoms with E-state index in [9.17, 15) is 37.1 Å². The zero-order chi connectivity index (χ0) is 67.4. The highest BCUT2D eigenvalue weighted by molar-refractivity contribution is 6.08. The van der Waals surface area contributed by atoms with E-state index in [-0.39, 0.29) is 80.9 Å². The number of aromatic nitrogens is 6. The molecule has 0 saturated carbocycles. The number of hydrogen-bond acceptors (Lipinski definition) is 17. The van der Waals surface area contributed by atoms with Gasteiger partial charge in [-0.05, 0) is 140 Å². The van der Waals surface area contributed by atoms with Gasteiger partial charge >= 0.3 is 0 Å². The highest BCUT2D eigenvalue weighted by Gasteiger charge is 2.26. The van der Waals surface area contributed by atoms with Gasteiger partial charge in [-0.3, -0.25) is 24.0 Å². The summed E-state index contributed by atoms with van der Waals surface area (Å²) in [5, 5.41) is 11.0. The molecule has 1 aliphatic heterocycles. The minimum absolute atomic E-state index is 0.0452. The van der Waals surface area contributed by atoms with Crippen LogP contribution >= 0.6 is 0 Å². The monoisotopic (exact) mass is 1290 g/mol. The van der Waals surface area contributed by atoms with E-state index in [4.69, 9.17) is 34.8 Å². The van der Waals surface area contributed by atoms with Gasteiger partial charge in [0.05, 0.1) is 60.9 Å². The molecule has 0 bridgehead atoms. The van der Waals surface area contributed by atoms with Crippen molar-refractivity contribution in [3.8, 4) is 64.5 Å². The maximum absolute atomic E-state index is 13.6. The fourth-order valence-electron chi connectivity index (χ4n) is 9.44. The first-order chi connectivity index (χ1) is 46.5. The van der Waals surface area contributed by atoms with Crippen LogP contribution in [0.25, 0.3) is 33.1 Å². The van der Waals surface area contributed by atoms with E-state index in [0.717, 1.165) is 5.56 Å². The molecule has 0 saturated heterocycles. The third-order valence-electron chi connectivity index (χ3n) is 14.1. The Labute approximate surface area is 544 Å². The van der Waals surface area contributed by atoms with Gasteiger partial charge in [0.2, 0.25) is 5.91 Å². The Bertz CT molecular complexity index is 5070. The summed E-state index contributed by atoms with van der Waals surface area (Å²) >= 11 is 0. The van der Waals surface area contributed by atoms with E-state index in [1.807, 2.05) is 0 Å². The first-order valence-corrected chi connectivity index (χ1v) is 28.9. The lowest BCUT2D eigenvalue weighted by molar-refractivity contribution is -0.115. The predicted octanol–water partition coefficient (Wildman–Crippen LogP) is 14.1. The number of terminal acetylenes is 1. The van der Waals surface area contributed by atoms with Crippen molar-refractivity contribution in [2.45, 2.75) is 13.3 Å². The van der Waals surface area contributed by atoms with E-state index in [2.05, 4.69) is 57.1 Å². The summed E-state index contributed by atoms with van der Waals surface area (Å²) in [5.41, 5.74) is 7.02. The van der Waals surface area contributed by atoms with Crippen molar-refractivity contribution in [3.63, 3.8) is 0 Å². The van der Waals surface area contributed by atoms with E-state index >= 15 is 0 Å². The third kappa shape index (κ3) is 15.2. The standard InChI is InChI=1S/C24H17FN4O4.C24H18FN3O4.C24H16FN3O3/c1-32-20-11-14(25)7-9-19(20)33-24-22(28-16-4-2-3-5-17(16)29-24)23(31)26-15-8-6-13-10-21(30)27-18(13)12-15;1-14(29)15-7-10-17(11-8-15)26-23(30)22-24(28-19-6-4-3-5-18(19)27-22)32-20-12-9-16(25)13-21(20)31-2;1-3-15-7-6-8-17(13-15)26-23(29)22-24(28-19-10-5-4-9-18(19)27-22)31-20-12-11-16(25)14-21(20)30-2/h2-9,11-12H,10H2,1H3,(H,26,31)(H,27,30);3-13H,1-2H3,(H,26,30);1,4-14H,2H3,(H,26,29). The van der Waals surface area contributed by atoms with Crippen molar-refractivity contribution in [3.05, 3.63) is 245 Å². The number of anilines is 4. The van der Waals surface area contributed by atoms with Crippen LogP contribution in [-0.2, 0) is 11.2 Å². The van der Waals surface area contributed by atoms with Crippen LogP contribution in [0.1, 0.15) is 59.9 Å². The molecule has 21 nitrogen and oxygen atoms in total. The fraction of sp³-hybridized carbons (Fsp3) is 0.0694. The fourth-order valence-corrected chi connectivity index (χ4v) is 9.44. The van der Waals surface area contributed by atoms with Crippen LogP contribution in [0.4, 0.5) is 35.9 Å². The van der Waals surface area contributed by atoms with Crippen molar-refractivity contribution in [1.29, 1.82) is 0 Å². The molecular formula is C72H51F3N10O11. The van der Waals surface area contributed by atoms with E-state index in [0.29, 0.717) is 73.4 Å². The number of halogens is 3. The molecule has 24 heteroatoms. The first-order valence-electron chi connectivity index (χ1n) is 28.9. The van der Waals surface area contributed by atoms with Crippen molar-refractivity contribution in [2.24, 2.45) is 0 Å². The molecule has 0 unspecified atom stereocenters. The smallest absolute Gasteiger partial charge is 0.279 e. The largest absolute Gasteiger partial charge is 0.493 e. The predicted molar refractivity (Wildman–Crippen MR) is 351 cm³/mol. The molecule has 476 valence electrons. The van der Waals surface area contributed by atoms with Gasteiger partial charge in [-0.25, -0.2) is 43.1 Å². The number of ether oxygens (including phenoxy) is 6. The summed E-state index contributed by atoms with van der Waals surface area (Å²) in [6.45, 7) is 1.46. The van der Waals surface area contributed by atoms with E-state index in [1.54, 1.807) is 140 Å². The summed E-state index contributed by atoms with van der Waals surface area (Å²) in [6, 6.07) is 50.9. The van der Waals surface area contributed by atoms with Crippen LogP contribution in [0.15, 0.2) is 194 Å². The lowest BCUT2D eigenvalue weighted by atomic mass is 10.1. The molecule has 3 aromatic heterocycles. The molecule has 0 spiro atoms. The average Bonchev–Trinajstić information content (AvgIpc) is 0.959. The molecule has 1 aliphatic rings. The highest BCUT2D eigenvalue weighted by atomic mass is 19.1. The molecular weight excluding hydrogens is 1240 g/mol. The topological polar surface area (TPSA) is 266 Å². The zero-order valence-corrected chi connectivity index (χ0v) is 51.1. The van der Waals surface area contributed by atoms with Gasteiger partial charge in [-0.1, -0.05) is 54.5 Å². The van der Waals surface area contributed by atoms with E-state index in [1.165, 1.54) is 82.9 Å². The van der Waals surface area contributed by atoms with Gasteiger partial charge in [0.25, 0.3) is 35.4 Å². The summed E-state index contributed by atoms with van der Waals surface area (Å²) < 4.78 is 73.8. The Hall–Kier alpha value is -13.3. The minimum Gasteiger partial charge on any atom is -0.493 e. The van der Waals surface area contributed by atoms with Crippen LogP contribution in [0.2, 0.25) is 0 Å². The summed E-state index contributed by atoms with van der Waals surface area (Å²) in [7, 11) is 4.15. The van der Waals surface area contributed by atoms with Crippen LogP contribution < -0.4 is 49.7 Å². The molecule has 4 amide bonds. The van der Waals surface area contributed by atoms with Gasteiger partial charge < -0.3 is 49.7 Å². The number of nitrogens with one attached hydrogen (secondary N) is 4. The first kappa shape index (κ1) is 64.2. The van der Waals surface area contributed by atoms with Crippen molar-refractivity contribution < 1.29 is 65.6 Å². The molecule has 0 fully saturated rings. The number of ketones is 1. The Kier molecular flexibility index (Phi) is 19.3. The highest BCUT2D eigenvalue weighted by Crippen LogP contribution is 2.37. The van der Waals surface area contributed by atoms with Gasteiger partial charge in [-0.15, -0.1) is 6.42 Å². The second-order valence-electron chi connectivity index (χ2n) is 20.6. The molecule has 0 atom stereocenters. The summed E-state index contributed by atoms with van der Waals surface area (Å²) in [4.78, 5) is 88.9. The van der Waals surface area contributed by atoms with Crippen molar-refractivity contribution in [1.82, 2.24) is 29.9 Å². The molecule has 4 heterocycles. The summed E-state index contributed by atoms with van der Waals surface area (Å²) in [6.07, 6.45) is 5.73. The second-order valence-corrected chi connectivity index (χ2v) is 20.6. The van der Waals surface area contributed by atoms with Gasteiger partial charge in [0.1, 0.15) is 17.5 Å². The number of methoxy groups -OCH3 is 3. The van der Waals surface area contributed by atoms with Gasteiger partial charge in [0, 0.05) is 52.1 Å². The number of nitrogens with zero attached hydrogens (tertiary/aromatic N) is 6. The zero-order valence-electron chi connectivity index (χ0n) is 51.1. The number of benzene rings is 9. The number of carbonyl (C=O) groups is 5. The lowest BCUT2D eigenvalue weighted by Crippen LogP contribution is -2.16. The lowest BCUT2D eigenvalue weighted by Gasteiger charge is -2.13. The van der Waals surface area contributed by atoms with Gasteiger partial charge in [0.15, 0.2) is 57.4 Å². The molecule has 9 aromatic carbocycles. The number of para-hydroxylation sites is 6. The Morgan fingerprint density at radius 3 is 1.20 bits per heavy atom.